The average Bonchev–Trinajstić information content (AvgIpc) is 3.47. The monoisotopic (exact) mass is 540 g/mol. The molecule has 7 unspecified atom stereocenters. The molecule has 0 amide bonds. The third-order valence-corrected chi connectivity index (χ3v) is 16.5. The highest BCUT2D eigenvalue weighted by atomic mass is 28.3. The van der Waals surface area contributed by atoms with Crippen LogP contribution in [0, 0.1) is 45.8 Å². The Bertz CT molecular complexity index is 1180. The van der Waals surface area contributed by atoms with Gasteiger partial charge in [-0.1, -0.05) is 143 Å². The van der Waals surface area contributed by atoms with E-state index in [1.807, 2.05) is 0 Å². The molecule has 0 saturated heterocycles. The summed E-state index contributed by atoms with van der Waals surface area (Å²) in [5.41, 5.74) is 8.65. The van der Waals surface area contributed by atoms with Gasteiger partial charge in [0.1, 0.15) is 0 Å². The van der Waals surface area contributed by atoms with Crippen molar-refractivity contribution >= 4 is 13.6 Å². The number of fused-ring (bicyclic) bond motifs is 3. The lowest BCUT2D eigenvalue weighted by molar-refractivity contribution is 0.246. The van der Waals surface area contributed by atoms with Crippen LogP contribution in [0.2, 0.25) is 24.2 Å². The predicted octanol–water partition coefficient (Wildman–Crippen LogP) is 11.4. The summed E-state index contributed by atoms with van der Waals surface area (Å²) >= 11 is 0. The summed E-state index contributed by atoms with van der Waals surface area (Å²) in [6.07, 6.45) is 17.7. The standard InChI is InChI=1S/C38H56Si/c1-36(2,3)26-17-19-29(21-26)39(10,11)35-32-22-27(37(4,5)6)18-20-30(32)34-31(25-15-13-12-14-16-25)23-28(24-33(34)35)38(7,8)9/h12-16,18,20,22-24,26,29-30,32-35H,17,19,21H2,1-11H3. The summed E-state index contributed by atoms with van der Waals surface area (Å²) in [5.74, 6) is 3.33. The van der Waals surface area contributed by atoms with E-state index in [-0.39, 0.29) is 10.8 Å². The van der Waals surface area contributed by atoms with Crippen molar-refractivity contribution in [3.63, 3.8) is 0 Å². The zero-order chi connectivity index (χ0) is 28.5. The molecule has 0 radical (unpaired) electrons. The van der Waals surface area contributed by atoms with Crippen molar-refractivity contribution in [2.24, 2.45) is 45.8 Å². The molecule has 1 aromatic carbocycles. The first kappa shape index (κ1) is 28.9. The van der Waals surface area contributed by atoms with Crippen molar-refractivity contribution in [3.05, 3.63) is 77.4 Å². The Balaban J connectivity index is 1.65. The van der Waals surface area contributed by atoms with Crippen LogP contribution in [0.4, 0.5) is 0 Å². The zero-order valence-electron chi connectivity index (χ0n) is 26.9. The second-order valence-electron chi connectivity index (χ2n) is 17.2. The van der Waals surface area contributed by atoms with Gasteiger partial charge >= 0.3 is 0 Å². The van der Waals surface area contributed by atoms with Gasteiger partial charge in [-0.3, -0.25) is 0 Å². The molecule has 212 valence electrons. The maximum atomic E-state index is 2.81. The van der Waals surface area contributed by atoms with Crippen molar-refractivity contribution in [2.75, 3.05) is 0 Å². The second-order valence-corrected chi connectivity index (χ2v) is 22.4. The van der Waals surface area contributed by atoms with Crippen molar-refractivity contribution in [2.45, 2.75) is 106 Å². The first-order valence-corrected chi connectivity index (χ1v) is 19.0. The fourth-order valence-corrected chi connectivity index (χ4v) is 13.8. The maximum Gasteiger partial charge on any atom is 0.0548 e. The van der Waals surface area contributed by atoms with E-state index < -0.39 is 8.07 Å². The van der Waals surface area contributed by atoms with E-state index in [0.29, 0.717) is 29.1 Å². The van der Waals surface area contributed by atoms with Crippen LogP contribution in [0.5, 0.6) is 0 Å². The largest absolute Gasteiger partial charge is 0.0799 e. The lowest BCUT2D eigenvalue weighted by Crippen LogP contribution is -2.42. The molecule has 4 aliphatic carbocycles. The molecule has 0 heterocycles. The van der Waals surface area contributed by atoms with E-state index in [9.17, 15) is 0 Å². The summed E-state index contributed by atoms with van der Waals surface area (Å²) in [7, 11) is -1.63. The smallest absolute Gasteiger partial charge is 0.0548 e. The van der Waals surface area contributed by atoms with Gasteiger partial charge in [0.05, 0.1) is 8.07 Å². The summed E-state index contributed by atoms with van der Waals surface area (Å²) < 4.78 is 0. The van der Waals surface area contributed by atoms with Crippen LogP contribution in [-0.4, -0.2) is 8.07 Å². The first-order valence-electron chi connectivity index (χ1n) is 15.9. The van der Waals surface area contributed by atoms with Crippen molar-refractivity contribution in [1.82, 2.24) is 0 Å². The Hall–Kier alpha value is -1.60. The number of hydrogen-bond acceptors (Lipinski definition) is 0. The molecule has 4 aliphatic rings. The normalized spacial score (nSPS) is 33.3. The van der Waals surface area contributed by atoms with E-state index in [1.165, 1.54) is 24.8 Å². The zero-order valence-corrected chi connectivity index (χ0v) is 27.9. The SMILES string of the molecule is CC(C)(C)C1=CC2C(C=C1)C1C(c3ccccc3)=CC(C(C)(C)C)=CC1C2[Si](C)(C)C1CCC(C(C)(C)C)C1. The highest BCUT2D eigenvalue weighted by Crippen LogP contribution is 2.66. The molecule has 5 rings (SSSR count). The number of rotatable bonds is 3. The maximum absolute atomic E-state index is 2.81. The first-order chi connectivity index (χ1) is 18.0. The Morgan fingerprint density at radius 3 is 1.90 bits per heavy atom. The van der Waals surface area contributed by atoms with Gasteiger partial charge in [0, 0.05) is 0 Å². The van der Waals surface area contributed by atoms with Gasteiger partial charge in [0.2, 0.25) is 0 Å². The van der Waals surface area contributed by atoms with E-state index >= 15 is 0 Å². The quantitative estimate of drug-likeness (QED) is 0.334. The van der Waals surface area contributed by atoms with Gasteiger partial charge in [0.15, 0.2) is 0 Å². The molecule has 0 spiro atoms. The lowest BCUT2D eigenvalue weighted by atomic mass is 9.70. The van der Waals surface area contributed by atoms with Crippen LogP contribution in [0.15, 0.2) is 71.9 Å². The van der Waals surface area contributed by atoms with Crippen molar-refractivity contribution in [1.29, 1.82) is 0 Å². The van der Waals surface area contributed by atoms with Crippen molar-refractivity contribution in [3.8, 4) is 0 Å². The Morgan fingerprint density at radius 1 is 0.718 bits per heavy atom. The van der Waals surface area contributed by atoms with Gasteiger partial charge in [-0.25, -0.2) is 0 Å². The highest BCUT2D eigenvalue weighted by Gasteiger charge is 2.59. The van der Waals surface area contributed by atoms with Gasteiger partial charge in [0.25, 0.3) is 0 Å². The molecule has 0 aliphatic heterocycles. The molecule has 0 bridgehead atoms. The Labute approximate surface area is 242 Å². The number of benzene rings is 1. The van der Waals surface area contributed by atoms with Crippen LogP contribution in [0.1, 0.15) is 87.1 Å². The second kappa shape index (κ2) is 9.75. The predicted molar refractivity (Wildman–Crippen MR) is 174 cm³/mol. The minimum Gasteiger partial charge on any atom is -0.0799 e. The van der Waals surface area contributed by atoms with E-state index in [1.54, 1.807) is 16.7 Å². The molecule has 1 aromatic rings. The molecule has 0 aromatic heterocycles. The topological polar surface area (TPSA) is 0 Å². The van der Waals surface area contributed by atoms with E-state index in [4.69, 9.17) is 0 Å². The van der Waals surface area contributed by atoms with Crippen LogP contribution in [0.25, 0.3) is 5.57 Å². The molecule has 39 heavy (non-hydrogen) atoms. The molecule has 0 N–H and O–H groups in total. The molecule has 1 heteroatoms. The molecule has 0 nitrogen and oxygen atoms in total. The van der Waals surface area contributed by atoms with Crippen molar-refractivity contribution < 1.29 is 0 Å². The minimum absolute atomic E-state index is 0.155. The average molecular weight is 541 g/mol. The van der Waals surface area contributed by atoms with Crippen LogP contribution in [0.3, 0.4) is 0 Å². The van der Waals surface area contributed by atoms with E-state index in [0.717, 1.165) is 17.0 Å². The van der Waals surface area contributed by atoms with Gasteiger partial charge in [-0.15, -0.1) is 0 Å². The van der Waals surface area contributed by atoms with Gasteiger partial charge in [-0.2, -0.15) is 0 Å². The lowest BCUT2D eigenvalue weighted by Gasteiger charge is -2.44. The molecular weight excluding hydrogens is 485 g/mol. The molecule has 7 atom stereocenters. The van der Waals surface area contributed by atoms with Crippen LogP contribution >= 0.6 is 0 Å². The van der Waals surface area contributed by atoms with Crippen LogP contribution < -0.4 is 0 Å². The molecule has 2 fully saturated rings. The summed E-state index contributed by atoms with van der Waals surface area (Å²) in [5, 5.41) is 0. The van der Waals surface area contributed by atoms with E-state index in [2.05, 4.69) is 136 Å². The Kier molecular flexibility index (Phi) is 7.23. The van der Waals surface area contributed by atoms with Gasteiger partial charge < -0.3 is 0 Å². The minimum atomic E-state index is -1.63. The van der Waals surface area contributed by atoms with Gasteiger partial charge in [-0.05, 0) is 92.0 Å². The van der Waals surface area contributed by atoms with Crippen LogP contribution in [-0.2, 0) is 0 Å². The fourth-order valence-electron chi connectivity index (χ4n) is 8.88. The highest BCUT2D eigenvalue weighted by molar-refractivity contribution is 6.80. The summed E-state index contributed by atoms with van der Waals surface area (Å²) in [6.45, 7) is 27.5. The number of allylic oxidation sites excluding steroid dienone is 8. The third-order valence-electron chi connectivity index (χ3n) is 11.4. The summed E-state index contributed by atoms with van der Waals surface area (Å²) in [4.78, 5) is 0. The Morgan fingerprint density at radius 2 is 1.33 bits per heavy atom. The fraction of sp³-hybridized carbons (Fsp3) is 0.632. The molecular formula is C38H56Si. The number of hydrogen-bond donors (Lipinski definition) is 0. The third kappa shape index (κ3) is 5.27. The summed E-state index contributed by atoms with van der Waals surface area (Å²) in [6, 6.07) is 11.4. The molecule has 2 saturated carbocycles.